The van der Waals surface area contributed by atoms with E-state index in [2.05, 4.69) is 0 Å². The first-order valence-electron chi connectivity index (χ1n) is 6.12. The lowest BCUT2D eigenvalue weighted by Crippen LogP contribution is -2.32. The molecule has 1 aliphatic carbocycles. The second kappa shape index (κ2) is 4.32. The van der Waals surface area contributed by atoms with Crippen molar-refractivity contribution < 1.29 is 13.0 Å². The van der Waals surface area contributed by atoms with E-state index in [-0.39, 0.29) is 5.41 Å². The maximum absolute atomic E-state index is 11.5. The topological polar surface area (TPSA) is 54.4 Å². The number of rotatable bonds is 1. The lowest BCUT2D eigenvalue weighted by atomic mass is 9.79. The third-order valence-corrected chi connectivity index (χ3v) is 5.02. The Balaban J connectivity index is 2.69. The van der Waals surface area contributed by atoms with Crippen molar-refractivity contribution in [2.45, 2.75) is 30.9 Å². The largest absolute Gasteiger partial charge is 0.285 e. The maximum Gasteiger partial charge on any atom is 0.277 e. The van der Waals surface area contributed by atoms with E-state index < -0.39 is 14.9 Å². The fourth-order valence-electron chi connectivity index (χ4n) is 2.18. The van der Waals surface area contributed by atoms with Crippen LogP contribution in [0.1, 0.15) is 31.9 Å². The van der Waals surface area contributed by atoms with Crippen LogP contribution in [0.15, 0.2) is 42.5 Å². The minimum Gasteiger partial charge on any atom is -0.285 e. The van der Waals surface area contributed by atoms with Crippen LogP contribution in [0.4, 0.5) is 0 Å². The fourth-order valence-corrected chi connectivity index (χ4v) is 2.66. The van der Waals surface area contributed by atoms with Gasteiger partial charge in [0.2, 0.25) is 0 Å². The van der Waals surface area contributed by atoms with Crippen molar-refractivity contribution in [1.82, 2.24) is 0 Å². The van der Waals surface area contributed by atoms with Gasteiger partial charge in [-0.1, -0.05) is 62.4 Å². The first-order valence-corrected chi connectivity index (χ1v) is 7.56. The van der Waals surface area contributed by atoms with Gasteiger partial charge in [0, 0.05) is 5.41 Å². The van der Waals surface area contributed by atoms with Crippen molar-refractivity contribution in [1.29, 1.82) is 0 Å². The van der Waals surface area contributed by atoms with Crippen molar-refractivity contribution in [3.8, 4) is 0 Å². The summed E-state index contributed by atoms with van der Waals surface area (Å²) in [5.74, 6) is 0. The molecular weight excluding hydrogens is 260 g/mol. The average molecular weight is 278 g/mol. The van der Waals surface area contributed by atoms with Gasteiger partial charge in [-0.3, -0.25) is 4.55 Å². The predicted octanol–water partition coefficient (Wildman–Crippen LogP) is 3.19. The Morgan fingerprint density at radius 2 is 1.63 bits per heavy atom. The van der Waals surface area contributed by atoms with Gasteiger partial charge in [0.25, 0.3) is 10.1 Å². The minimum atomic E-state index is -4.19. The van der Waals surface area contributed by atoms with Gasteiger partial charge in [-0.25, -0.2) is 0 Å². The Hall–Kier alpha value is -1.39. The van der Waals surface area contributed by atoms with Crippen molar-refractivity contribution in [3.05, 3.63) is 53.6 Å². The van der Waals surface area contributed by atoms with E-state index in [0.29, 0.717) is 0 Å². The second-order valence-corrected chi connectivity index (χ2v) is 7.46. The van der Waals surface area contributed by atoms with Crippen LogP contribution in [-0.4, -0.2) is 17.7 Å². The SMILES string of the molecule is CC1(C)/C=C\C(C)(S(=O)(=O)O)/C=C\c2ccccc21. The van der Waals surface area contributed by atoms with Crippen molar-refractivity contribution in [2.24, 2.45) is 0 Å². The van der Waals surface area contributed by atoms with Gasteiger partial charge in [0.1, 0.15) is 4.75 Å². The Kier molecular flexibility index (Phi) is 3.19. The lowest BCUT2D eigenvalue weighted by Gasteiger charge is -2.28. The van der Waals surface area contributed by atoms with Gasteiger partial charge in [-0.2, -0.15) is 8.42 Å². The van der Waals surface area contributed by atoms with E-state index in [9.17, 15) is 13.0 Å². The van der Waals surface area contributed by atoms with Gasteiger partial charge in [-0.15, -0.1) is 0 Å². The summed E-state index contributed by atoms with van der Waals surface area (Å²) >= 11 is 0. The molecule has 4 heteroatoms. The summed E-state index contributed by atoms with van der Waals surface area (Å²) in [5, 5.41) is 0. The third kappa shape index (κ3) is 2.51. The average Bonchev–Trinajstić information content (AvgIpc) is 2.32. The van der Waals surface area contributed by atoms with Crippen LogP contribution in [0.3, 0.4) is 0 Å². The molecule has 2 rings (SSSR count). The van der Waals surface area contributed by atoms with E-state index >= 15 is 0 Å². The van der Waals surface area contributed by atoms with Gasteiger partial charge >= 0.3 is 0 Å². The number of hydrogen-bond donors (Lipinski definition) is 1. The van der Waals surface area contributed by atoms with Gasteiger partial charge in [-0.05, 0) is 18.1 Å². The molecule has 0 spiro atoms. The fraction of sp³-hybridized carbons (Fsp3) is 0.333. The number of fused-ring (bicyclic) bond motifs is 1. The smallest absolute Gasteiger partial charge is 0.277 e. The van der Waals surface area contributed by atoms with E-state index in [1.165, 1.54) is 13.0 Å². The number of allylic oxidation sites excluding steroid dienone is 1. The van der Waals surface area contributed by atoms with Gasteiger partial charge in [0.05, 0.1) is 0 Å². The first-order chi connectivity index (χ1) is 8.66. The van der Waals surface area contributed by atoms with Crippen LogP contribution in [0.2, 0.25) is 0 Å². The highest BCUT2D eigenvalue weighted by molar-refractivity contribution is 7.87. The van der Waals surface area contributed by atoms with E-state index in [1.807, 2.05) is 44.2 Å². The molecule has 1 atom stereocenters. The van der Waals surface area contributed by atoms with Crippen LogP contribution in [0, 0.1) is 0 Å². The van der Waals surface area contributed by atoms with E-state index in [1.54, 1.807) is 12.2 Å². The molecular formula is C15H18O3S. The second-order valence-electron chi connectivity index (χ2n) is 5.63. The predicted molar refractivity (Wildman–Crippen MR) is 77.6 cm³/mol. The highest BCUT2D eigenvalue weighted by Crippen LogP contribution is 2.34. The molecule has 0 fully saturated rings. The normalized spacial score (nSPS) is 28.8. The zero-order chi connectivity index (χ0) is 14.3. The molecule has 0 saturated carbocycles. The Labute approximate surface area is 114 Å². The number of hydrogen-bond acceptors (Lipinski definition) is 2. The molecule has 1 aromatic carbocycles. The Morgan fingerprint density at radius 1 is 1.00 bits per heavy atom. The molecule has 3 nitrogen and oxygen atoms in total. The molecule has 1 aromatic rings. The Bertz CT molecular complexity index is 654. The third-order valence-electron chi connectivity index (χ3n) is 3.64. The van der Waals surface area contributed by atoms with Crippen LogP contribution in [0.5, 0.6) is 0 Å². The molecule has 102 valence electrons. The van der Waals surface area contributed by atoms with Crippen LogP contribution in [0.25, 0.3) is 6.08 Å². The van der Waals surface area contributed by atoms with Gasteiger partial charge in [0.15, 0.2) is 0 Å². The molecule has 0 aromatic heterocycles. The summed E-state index contributed by atoms with van der Waals surface area (Å²) in [6.45, 7) is 5.52. The maximum atomic E-state index is 11.5. The van der Waals surface area contributed by atoms with Crippen LogP contribution in [-0.2, 0) is 15.5 Å². The summed E-state index contributed by atoms with van der Waals surface area (Å²) < 4.78 is 31.1. The molecule has 1 N–H and O–H groups in total. The zero-order valence-corrected chi connectivity index (χ0v) is 12.1. The molecule has 0 heterocycles. The first kappa shape index (κ1) is 14.0. The summed E-state index contributed by atoms with van der Waals surface area (Å²) in [6, 6.07) is 7.85. The standard InChI is InChI=1S/C15H18O3S/c1-14(2)10-11-15(3,19(16,17)18)9-8-12-6-4-5-7-13(12)14/h4-11H,1-3H3,(H,16,17,18)/b9-8-,11-10-. The molecule has 0 radical (unpaired) electrons. The van der Waals surface area contributed by atoms with Crippen LogP contribution >= 0.6 is 0 Å². The highest BCUT2D eigenvalue weighted by Gasteiger charge is 2.35. The Morgan fingerprint density at radius 3 is 2.26 bits per heavy atom. The molecule has 19 heavy (non-hydrogen) atoms. The summed E-state index contributed by atoms with van der Waals surface area (Å²) in [5.41, 5.74) is 1.79. The molecule has 1 aliphatic rings. The molecule has 0 amide bonds. The monoisotopic (exact) mass is 278 g/mol. The summed E-state index contributed by atoms with van der Waals surface area (Å²) in [4.78, 5) is 0. The molecule has 0 aliphatic heterocycles. The van der Waals surface area contributed by atoms with Crippen molar-refractivity contribution in [2.75, 3.05) is 0 Å². The number of benzene rings is 1. The zero-order valence-electron chi connectivity index (χ0n) is 11.3. The van der Waals surface area contributed by atoms with Crippen LogP contribution < -0.4 is 0 Å². The molecule has 1 unspecified atom stereocenters. The molecule has 0 bridgehead atoms. The van der Waals surface area contributed by atoms with Crippen molar-refractivity contribution >= 4 is 16.2 Å². The van der Waals surface area contributed by atoms with Gasteiger partial charge < -0.3 is 0 Å². The lowest BCUT2D eigenvalue weighted by molar-refractivity contribution is 0.466. The van der Waals surface area contributed by atoms with E-state index in [4.69, 9.17) is 0 Å². The summed E-state index contributed by atoms with van der Waals surface area (Å²) in [7, 11) is -4.19. The van der Waals surface area contributed by atoms with Crippen molar-refractivity contribution in [3.63, 3.8) is 0 Å². The minimum absolute atomic E-state index is 0.298. The summed E-state index contributed by atoms with van der Waals surface area (Å²) in [6.07, 6.45) is 6.67. The highest BCUT2D eigenvalue weighted by atomic mass is 32.2. The quantitative estimate of drug-likeness (QED) is 0.634. The molecule has 0 saturated heterocycles. The van der Waals surface area contributed by atoms with E-state index in [0.717, 1.165) is 11.1 Å².